The summed E-state index contributed by atoms with van der Waals surface area (Å²) in [5.74, 6) is 0.801. The van der Waals surface area contributed by atoms with Gasteiger partial charge in [-0.15, -0.1) is 0 Å². The molecule has 1 N–H and O–H groups in total. The highest BCUT2D eigenvalue weighted by Crippen LogP contribution is 2.24. The van der Waals surface area contributed by atoms with E-state index in [1.807, 2.05) is 32.9 Å². The van der Waals surface area contributed by atoms with Gasteiger partial charge in [-0.25, -0.2) is 0 Å². The third kappa shape index (κ3) is 5.59. The topological polar surface area (TPSA) is 58.6 Å². The van der Waals surface area contributed by atoms with E-state index in [1.165, 1.54) is 5.56 Å². The van der Waals surface area contributed by atoms with Crippen LogP contribution in [0.4, 0.5) is 5.69 Å². The summed E-state index contributed by atoms with van der Waals surface area (Å²) in [4.78, 5) is 26.5. The van der Waals surface area contributed by atoms with Crippen molar-refractivity contribution in [3.63, 3.8) is 0 Å². The Labute approximate surface area is 167 Å². The van der Waals surface area contributed by atoms with Crippen molar-refractivity contribution in [2.45, 2.75) is 40.5 Å². The number of hydrogen-bond donors (Lipinski definition) is 1. The molecule has 0 spiro atoms. The number of nitrogens with zero attached hydrogens (tertiary/aromatic N) is 1. The minimum absolute atomic E-state index is 0.0431. The lowest BCUT2D eigenvalue weighted by Gasteiger charge is -2.19. The molecule has 0 aliphatic carbocycles. The van der Waals surface area contributed by atoms with Gasteiger partial charge in [-0.3, -0.25) is 9.59 Å². The van der Waals surface area contributed by atoms with E-state index in [-0.39, 0.29) is 18.4 Å². The highest BCUT2D eigenvalue weighted by molar-refractivity contribution is 5.97. The highest BCUT2D eigenvalue weighted by atomic mass is 16.5. The number of carbonyl (C=O) groups excluding carboxylic acids is 2. The number of aryl methyl sites for hydroxylation is 1. The first-order valence-electron chi connectivity index (χ1n) is 9.78. The van der Waals surface area contributed by atoms with Crippen molar-refractivity contribution in [1.29, 1.82) is 0 Å². The zero-order valence-electron chi connectivity index (χ0n) is 17.4. The van der Waals surface area contributed by atoms with Gasteiger partial charge in [0, 0.05) is 24.3 Å². The molecule has 0 saturated heterocycles. The maximum Gasteiger partial charge on any atom is 0.262 e. The minimum Gasteiger partial charge on any atom is -0.483 e. The van der Waals surface area contributed by atoms with Crippen molar-refractivity contribution < 1.29 is 14.3 Å². The third-order valence-electron chi connectivity index (χ3n) is 4.68. The van der Waals surface area contributed by atoms with Gasteiger partial charge in [0.15, 0.2) is 6.61 Å². The van der Waals surface area contributed by atoms with Crippen LogP contribution in [-0.4, -0.2) is 36.4 Å². The molecular weight excluding hydrogens is 352 g/mol. The maximum atomic E-state index is 12.5. The molecule has 2 rings (SSSR count). The molecule has 0 fully saturated rings. The molecular formula is C23H30N2O3. The third-order valence-corrected chi connectivity index (χ3v) is 4.68. The number of hydrogen-bond acceptors (Lipinski definition) is 3. The normalized spacial score (nSPS) is 10.6. The highest BCUT2D eigenvalue weighted by Gasteiger charge is 2.13. The van der Waals surface area contributed by atoms with Gasteiger partial charge in [0.25, 0.3) is 11.8 Å². The largest absolute Gasteiger partial charge is 0.483 e. The lowest BCUT2D eigenvalue weighted by atomic mass is 10.0. The molecule has 2 aromatic rings. The number of ether oxygens (including phenoxy) is 1. The van der Waals surface area contributed by atoms with Crippen LogP contribution in [-0.2, 0) is 4.79 Å². The number of amides is 2. The molecule has 2 aromatic carbocycles. The average Bonchev–Trinajstić information content (AvgIpc) is 2.68. The molecule has 0 bridgehead atoms. The van der Waals surface area contributed by atoms with Gasteiger partial charge in [-0.05, 0) is 62.1 Å². The van der Waals surface area contributed by atoms with Gasteiger partial charge >= 0.3 is 0 Å². The average molecular weight is 383 g/mol. The Hall–Kier alpha value is -2.82. The SMILES string of the molecule is CCN(CC)C(=O)c1cccc(NC(=O)COc2cc(C(C)C)ccc2C)c1. The Balaban J connectivity index is 2.01. The monoisotopic (exact) mass is 382 g/mol. The zero-order chi connectivity index (χ0) is 20.7. The summed E-state index contributed by atoms with van der Waals surface area (Å²) in [7, 11) is 0. The summed E-state index contributed by atoms with van der Waals surface area (Å²) in [6.45, 7) is 11.3. The van der Waals surface area contributed by atoms with Crippen molar-refractivity contribution in [2.24, 2.45) is 0 Å². The number of carbonyl (C=O) groups is 2. The van der Waals surface area contributed by atoms with E-state index in [0.29, 0.717) is 36.0 Å². The van der Waals surface area contributed by atoms with Crippen molar-refractivity contribution in [3.05, 3.63) is 59.2 Å². The molecule has 150 valence electrons. The second-order valence-electron chi connectivity index (χ2n) is 7.07. The summed E-state index contributed by atoms with van der Waals surface area (Å²) in [5.41, 5.74) is 3.30. The van der Waals surface area contributed by atoms with Crippen LogP contribution < -0.4 is 10.1 Å². The van der Waals surface area contributed by atoms with Crippen LogP contribution in [0.5, 0.6) is 5.75 Å². The second kappa shape index (κ2) is 9.93. The van der Waals surface area contributed by atoms with Crippen LogP contribution in [0.2, 0.25) is 0 Å². The smallest absolute Gasteiger partial charge is 0.262 e. The summed E-state index contributed by atoms with van der Waals surface area (Å²) in [5, 5.41) is 2.80. The fourth-order valence-electron chi connectivity index (χ4n) is 2.90. The Kier molecular flexibility index (Phi) is 7.61. The van der Waals surface area contributed by atoms with Crippen LogP contribution in [0.3, 0.4) is 0 Å². The predicted molar refractivity (Wildman–Crippen MR) is 113 cm³/mol. The maximum absolute atomic E-state index is 12.5. The predicted octanol–water partition coefficient (Wildman–Crippen LogP) is 4.62. The number of benzene rings is 2. The van der Waals surface area contributed by atoms with Crippen LogP contribution in [0, 0.1) is 6.92 Å². The first kappa shape index (κ1) is 21.5. The molecule has 2 amide bonds. The molecule has 0 aliphatic rings. The minimum atomic E-state index is -0.262. The zero-order valence-corrected chi connectivity index (χ0v) is 17.4. The van der Waals surface area contributed by atoms with Crippen LogP contribution in [0.1, 0.15) is 55.1 Å². The Morgan fingerprint density at radius 3 is 2.43 bits per heavy atom. The quantitative estimate of drug-likeness (QED) is 0.725. The molecule has 0 aliphatic heterocycles. The number of nitrogens with one attached hydrogen (secondary N) is 1. The van der Waals surface area contributed by atoms with E-state index in [9.17, 15) is 9.59 Å². The van der Waals surface area contributed by atoms with Gasteiger partial charge in [0.1, 0.15) is 5.75 Å². The molecule has 0 atom stereocenters. The molecule has 0 saturated carbocycles. The van der Waals surface area contributed by atoms with Crippen molar-refractivity contribution in [3.8, 4) is 5.75 Å². The molecule has 0 aromatic heterocycles. The standard InChI is InChI=1S/C23H30N2O3/c1-6-25(7-2)23(27)19-9-8-10-20(13-19)24-22(26)15-28-21-14-18(16(3)4)12-11-17(21)5/h8-14,16H,6-7,15H2,1-5H3,(H,24,26). The Morgan fingerprint density at radius 2 is 1.79 bits per heavy atom. The second-order valence-corrected chi connectivity index (χ2v) is 7.07. The molecule has 5 heteroatoms. The van der Waals surface area contributed by atoms with E-state index < -0.39 is 0 Å². The Morgan fingerprint density at radius 1 is 1.07 bits per heavy atom. The molecule has 5 nitrogen and oxygen atoms in total. The lowest BCUT2D eigenvalue weighted by molar-refractivity contribution is -0.118. The van der Waals surface area contributed by atoms with Gasteiger partial charge in [0.2, 0.25) is 0 Å². The van der Waals surface area contributed by atoms with E-state index in [1.54, 1.807) is 29.2 Å². The van der Waals surface area contributed by atoms with E-state index in [4.69, 9.17) is 4.74 Å². The van der Waals surface area contributed by atoms with Gasteiger partial charge in [-0.2, -0.15) is 0 Å². The van der Waals surface area contributed by atoms with Gasteiger partial charge < -0.3 is 15.0 Å². The van der Waals surface area contributed by atoms with Crippen LogP contribution >= 0.6 is 0 Å². The van der Waals surface area contributed by atoms with Gasteiger partial charge in [-0.1, -0.05) is 32.0 Å². The van der Waals surface area contributed by atoms with Crippen molar-refractivity contribution in [2.75, 3.05) is 25.0 Å². The van der Waals surface area contributed by atoms with Crippen molar-refractivity contribution >= 4 is 17.5 Å². The summed E-state index contributed by atoms with van der Waals surface area (Å²) >= 11 is 0. The van der Waals surface area contributed by atoms with Crippen molar-refractivity contribution in [1.82, 2.24) is 4.90 Å². The molecule has 0 radical (unpaired) electrons. The van der Waals surface area contributed by atoms with E-state index in [0.717, 1.165) is 5.56 Å². The molecule has 0 unspecified atom stereocenters. The fourth-order valence-corrected chi connectivity index (χ4v) is 2.90. The summed E-state index contributed by atoms with van der Waals surface area (Å²) < 4.78 is 5.73. The van der Waals surface area contributed by atoms with Gasteiger partial charge in [0.05, 0.1) is 0 Å². The number of anilines is 1. The fraction of sp³-hybridized carbons (Fsp3) is 0.391. The Bertz CT molecular complexity index is 826. The lowest BCUT2D eigenvalue weighted by Crippen LogP contribution is -2.30. The molecule has 28 heavy (non-hydrogen) atoms. The number of rotatable bonds is 8. The van der Waals surface area contributed by atoms with Crippen LogP contribution in [0.25, 0.3) is 0 Å². The van der Waals surface area contributed by atoms with E-state index >= 15 is 0 Å². The molecule has 0 heterocycles. The first-order valence-corrected chi connectivity index (χ1v) is 9.78. The van der Waals surface area contributed by atoms with Crippen LogP contribution in [0.15, 0.2) is 42.5 Å². The first-order chi connectivity index (χ1) is 13.3. The summed E-state index contributed by atoms with van der Waals surface area (Å²) in [6.07, 6.45) is 0. The van der Waals surface area contributed by atoms with E-state index in [2.05, 4.69) is 25.2 Å². The summed E-state index contributed by atoms with van der Waals surface area (Å²) in [6, 6.07) is 13.1.